The number of nitro groups is 2. The number of rotatable bonds is 20. The maximum atomic E-state index is 12.2. The monoisotopic (exact) mass is 731 g/mol. The van der Waals surface area contributed by atoms with Gasteiger partial charge in [0, 0.05) is 24.3 Å². The highest BCUT2D eigenvalue weighted by molar-refractivity contribution is 5.93. The lowest BCUT2D eigenvalue weighted by atomic mass is 10.1. The number of esters is 4. The quantitative estimate of drug-likeness (QED) is 0.0421. The van der Waals surface area contributed by atoms with Crippen LogP contribution in [0.4, 0.5) is 11.4 Å². The third kappa shape index (κ3) is 17.4. The maximum absolute atomic E-state index is 12.2. The number of ether oxygens (including phenoxy) is 6. The molecule has 0 aliphatic rings. The molecule has 19 nitrogen and oxygen atoms in total. The predicted octanol–water partition coefficient (Wildman–Crippen LogP) is 3.28. The van der Waals surface area contributed by atoms with Crippen molar-refractivity contribution < 1.29 is 67.3 Å². The van der Waals surface area contributed by atoms with E-state index in [0.29, 0.717) is 11.1 Å². The number of carbonyl (C=O) groups is 5. The fraction of sp³-hybridized carbons (Fsp3) is 0.303. The number of benzene rings is 3. The normalized spacial score (nSPS) is 9.92. The number of nitro benzene ring substituents is 2. The van der Waals surface area contributed by atoms with Gasteiger partial charge in [0.05, 0.1) is 60.2 Å². The Morgan fingerprint density at radius 1 is 0.538 bits per heavy atom. The summed E-state index contributed by atoms with van der Waals surface area (Å²) >= 11 is 0. The van der Waals surface area contributed by atoms with Crippen LogP contribution in [0.1, 0.15) is 31.8 Å². The maximum Gasteiger partial charge on any atom is 0.338 e. The molecule has 0 saturated carbocycles. The number of hydrogen-bond donors (Lipinski definition) is 2. The highest BCUT2D eigenvalue weighted by Crippen LogP contribution is 2.14. The third-order valence-corrected chi connectivity index (χ3v) is 6.25. The molecule has 0 saturated heterocycles. The Morgan fingerprint density at radius 3 is 1.12 bits per heavy atom. The molecule has 0 fully saturated rings. The van der Waals surface area contributed by atoms with Gasteiger partial charge in [0.1, 0.15) is 26.4 Å². The first-order valence-corrected chi connectivity index (χ1v) is 15.0. The molecule has 0 radical (unpaired) electrons. The molecule has 52 heavy (non-hydrogen) atoms. The Labute approximate surface area is 296 Å². The van der Waals surface area contributed by atoms with Gasteiger partial charge >= 0.3 is 23.9 Å². The average Bonchev–Trinajstić information content (AvgIpc) is 3.11. The summed E-state index contributed by atoms with van der Waals surface area (Å²) in [5.41, 5.74) is 1.41. The standard InChI is InChI=1S/C32H32N2O14.CH2O2.H3N/c35-29(21-23-1-9-27(10-2-23)33(39)40)45-17-13-43-15-19-47-31(37)25-5-7-26(8-6-25)32(38)48-20-16-44-14-18-46-30(36)22-24-3-11-28(12-4-24)34(41)42;2-1-3;/h1-12H,13-22H2;1H,(H,2,3);1H3. The van der Waals surface area contributed by atoms with Crippen LogP contribution in [-0.2, 0) is 55.6 Å². The molecule has 0 heterocycles. The number of nitrogens with zero attached hydrogens (tertiary/aromatic N) is 2. The van der Waals surface area contributed by atoms with Crippen LogP contribution in [0.2, 0.25) is 0 Å². The molecule has 0 spiro atoms. The highest BCUT2D eigenvalue weighted by atomic mass is 16.6. The fourth-order valence-electron chi connectivity index (χ4n) is 3.84. The lowest BCUT2D eigenvalue weighted by molar-refractivity contribution is -0.385. The molecule has 0 aromatic heterocycles. The van der Waals surface area contributed by atoms with E-state index in [1.165, 1.54) is 72.8 Å². The largest absolute Gasteiger partial charge is 0.483 e. The topological polar surface area (TPSA) is 282 Å². The molecule has 19 heteroatoms. The SMILES string of the molecule is N.O=C(Cc1ccc([N+](=O)[O-])cc1)OCCOCCOC(=O)c1ccc(C(=O)OCCOCCOC(=O)Cc2ccc([N+](=O)[O-])cc2)cc1.O=CO. The molecule has 4 N–H and O–H groups in total. The first-order valence-electron chi connectivity index (χ1n) is 15.0. The van der Waals surface area contributed by atoms with Gasteiger partial charge in [-0.2, -0.15) is 0 Å². The van der Waals surface area contributed by atoms with Crippen molar-refractivity contribution in [3.8, 4) is 0 Å². The van der Waals surface area contributed by atoms with Crippen molar-refractivity contribution in [2.24, 2.45) is 0 Å². The van der Waals surface area contributed by atoms with Gasteiger partial charge in [-0.15, -0.1) is 0 Å². The fourth-order valence-corrected chi connectivity index (χ4v) is 3.84. The van der Waals surface area contributed by atoms with Crippen LogP contribution in [0.5, 0.6) is 0 Å². The molecular formula is C33H37N3O16. The number of non-ortho nitro benzene ring substituents is 2. The second-order valence-electron chi connectivity index (χ2n) is 9.82. The third-order valence-electron chi connectivity index (χ3n) is 6.25. The minimum atomic E-state index is -0.630. The van der Waals surface area contributed by atoms with E-state index in [1.807, 2.05) is 0 Å². The van der Waals surface area contributed by atoms with E-state index in [0.717, 1.165) is 0 Å². The molecule has 0 aliphatic carbocycles. The van der Waals surface area contributed by atoms with Crippen molar-refractivity contribution in [3.63, 3.8) is 0 Å². The minimum Gasteiger partial charge on any atom is -0.483 e. The summed E-state index contributed by atoms with van der Waals surface area (Å²) in [5, 5.41) is 28.2. The van der Waals surface area contributed by atoms with Crippen molar-refractivity contribution in [1.29, 1.82) is 0 Å². The summed E-state index contributed by atoms with van der Waals surface area (Å²) in [4.78, 5) is 76.9. The summed E-state index contributed by atoms with van der Waals surface area (Å²) < 4.78 is 30.9. The molecule has 0 atom stereocenters. The summed E-state index contributed by atoms with van der Waals surface area (Å²) in [5.74, 6) is -2.30. The van der Waals surface area contributed by atoms with E-state index in [-0.39, 0.29) is 101 Å². The lowest BCUT2D eigenvalue weighted by Crippen LogP contribution is -2.16. The van der Waals surface area contributed by atoms with Gasteiger partial charge in [0.25, 0.3) is 17.8 Å². The average molecular weight is 732 g/mol. The van der Waals surface area contributed by atoms with Crippen LogP contribution >= 0.6 is 0 Å². The molecular weight excluding hydrogens is 694 g/mol. The summed E-state index contributed by atoms with van der Waals surface area (Å²) in [6.07, 6.45) is -0.0870. The summed E-state index contributed by atoms with van der Waals surface area (Å²) in [6.45, 7) is -0.141. The minimum absolute atomic E-state index is 0. The van der Waals surface area contributed by atoms with Gasteiger partial charge in [0.2, 0.25) is 0 Å². The van der Waals surface area contributed by atoms with Crippen molar-refractivity contribution in [2.45, 2.75) is 12.8 Å². The Balaban J connectivity index is 0.00000326. The molecule has 3 rings (SSSR count). The number of hydrogen-bond acceptors (Lipinski definition) is 16. The van der Waals surface area contributed by atoms with Crippen molar-refractivity contribution >= 4 is 41.7 Å². The molecule has 3 aromatic carbocycles. The second kappa shape index (κ2) is 24.8. The molecule has 0 amide bonds. The Bertz CT molecular complexity index is 1480. The summed E-state index contributed by atoms with van der Waals surface area (Å²) in [6, 6.07) is 16.8. The van der Waals surface area contributed by atoms with E-state index in [1.54, 1.807) is 0 Å². The predicted molar refractivity (Wildman–Crippen MR) is 178 cm³/mol. The number of carboxylic acid groups (broad SMARTS) is 1. The lowest BCUT2D eigenvalue weighted by Gasteiger charge is -2.09. The smallest absolute Gasteiger partial charge is 0.338 e. The molecule has 0 bridgehead atoms. The molecule has 3 aromatic rings. The molecule has 0 aliphatic heterocycles. The van der Waals surface area contributed by atoms with Crippen LogP contribution in [0.25, 0.3) is 0 Å². The first kappa shape index (κ1) is 43.7. The van der Waals surface area contributed by atoms with Crippen LogP contribution in [0.3, 0.4) is 0 Å². The van der Waals surface area contributed by atoms with E-state index in [2.05, 4.69) is 0 Å². The molecule has 280 valence electrons. The zero-order chi connectivity index (χ0) is 37.4. The van der Waals surface area contributed by atoms with Crippen molar-refractivity contribution in [2.75, 3.05) is 52.9 Å². The van der Waals surface area contributed by atoms with Gasteiger partial charge in [0.15, 0.2) is 0 Å². The number of carbonyl (C=O) groups excluding carboxylic acids is 4. The van der Waals surface area contributed by atoms with E-state index < -0.39 is 33.7 Å². The van der Waals surface area contributed by atoms with Crippen LogP contribution in [0.15, 0.2) is 72.8 Å². The Kier molecular flexibility index (Phi) is 20.8. The van der Waals surface area contributed by atoms with Gasteiger partial charge in [-0.3, -0.25) is 34.6 Å². The Morgan fingerprint density at radius 2 is 0.827 bits per heavy atom. The second-order valence-corrected chi connectivity index (χ2v) is 9.82. The van der Waals surface area contributed by atoms with Crippen LogP contribution < -0.4 is 6.15 Å². The van der Waals surface area contributed by atoms with Gasteiger partial charge in [-0.25, -0.2) is 9.59 Å². The summed E-state index contributed by atoms with van der Waals surface area (Å²) in [7, 11) is 0. The van der Waals surface area contributed by atoms with E-state index in [9.17, 15) is 39.4 Å². The zero-order valence-corrected chi connectivity index (χ0v) is 27.7. The van der Waals surface area contributed by atoms with Crippen LogP contribution in [-0.4, -0.2) is 98.2 Å². The van der Waals surface area contributed by atoms with E-state index in [4.69, 9.17) is 38.3 Å². The van der Waals surface area contributed by atoms with Crippen molar-refractivity contribution in [3.05, 3.63) is 115 Å². The van der Waals surface area contributed by atoms with Gasteiger partial charge < -0.3 is 39.7 Å². The Hall–Kier alpha value is -6.31. The van der Waals surface area contributed by atoms with Gasteiger partial charge in [-0.05, 0) is 35.4 Å². The molecule has 0 unspecified atom stereocenters. The van der Waals surface area contributed by atoms with Crippen molar-refractivity contribution in [1.82, 2.24) is 6.15 Å². The van der Waals surface area contributed by atoms with E-state index >= 15 is 0 Å². The highest BCUT2D eigenvalue weighted by Gasteiger charge is 2.12. The van der Waals surface area contributed by atoms with Crippen LogP contribution in [0, 0.1) is 20.2 Å². The zero-order valence-electron chi connectivity index (χ0n) is 27.7. The first-order chi connectivity index (χ1) is 24.5. The van der Waals surface area contributed by atoms with Gasteiger partial charge in [-0.1, -0.05) is 24.3 Å².